The molecule has 0 aliphatic rings. The van der Waals surface area contributed by atoms with Gasteiger partial charge < -0.3 is 11.1 Å². The van der Waals surface area contributed by atoms with E-state index in [0.29, 0.717) is 12.1 Å². The van der Waals surface area contributed by atoms with Crippen molar-refractivity contribution in [3.8, 4) is 0 Å². The molecule has 3 N–H and O–H groups in total. The van der Waals surface area contributed by atoms with Gasteiger partial charge in [-0.2, -0.15) is 0 Å². The molecule has 0 unspecified atom stereocenters. The molecule has 0 bridgehead atoms. The van der Waals surface area contributed by atoms with Crippen molar-refractivity contribution < 1.29 is 9.18 Å². The first kappa shape index (κ1) is 12.5. The largest absolute Gasteiger partial charge is 0.399 e. The van der Waals surface area contributed by atoms with Crippen molar-refractivity contribution in [2.75, 3.05) is 11.1 Å². The van der Waals surface area contributed by atoms with Crippen LogP contribution in [0, 0.1) is 11.2 Å². The van der Waals surface area contributed by atoms with Gasteiger partial charge >= 0.3 is 0 Å². The minimum Gasteiger partial charge on any atom is -0.399 e. The number of nitrogen functional groups attached to an aromatic ring is 1. The zero-order valence-electron chi connectivity index (χ0n) is 9.80. The maximum absolute atomic E-state index is 13.4. The van der Waals surface area contributed by atoms with Gasteiger partial charge in [-0.15, -0.1) is 0 Å². The van der Waals surface area contributed by atoms with E-state index in [1.807, 2.05) is 20.8 Å². The summed E-state index contributed by atoms with van der Waals surface area (Å²) in [6.07, 6.45) is 0.690. The minimum atomic E-state index is -0.514. The van der Waals surface area contributed by atoms with Gasteiger partial charge in [-0.3, -0.25) is 4.79 Å². The summed E-state index contributed by atoms with van der Waals surface area (Å²) in [7, 11) is 0. The molecule has 0 heterocycles. The van der Waals surface area contributed by atoms with Gasteiger partial charge in [-0.1, -0.05) is 20.8 Å². The molecule has 0 saturated heterocycles. The van der Waals surface area contributed by atoms with Gasteiger partial charge in [0.05, 0.1) is 5.69 Å². The molecule has 1 aromatic carbocycles. The second kappa shape index (κ2) is 4.51. The molecule has 0 spiro atoms. The Bertz CT molecular complexity index is 402. The molecule has 1 aromatic rings. The van der Waals surface area contributed by atoms with Crippen molar-refractivity contribution >= 4 is 17.3 Å². The first-order valence-electron chi connectivity index (χ1n) is 5.23. The fourth-order valence-corrected chi connectivity index (χ4v) is 1.08. The van der Waals surface area contributed by atoms with Gasteiger partial charge in [0, 0.05) is 11.1 Å². The molecule has 88 valence electrons. The van der Waals surface area contributed by atoms with E-state index in [0.717, 1.165) is 0 Å². The third kappa shape index (κ3) is 2.72. The lowest BCUT2D eigenvalue weighted by molar-refractivity contribution is -0.124. The molecule has 3 nitrogen and oxygen atoms in total. The SMILES string of the molecule is CCC(C)(C)C(=O)Nc1ccc(N)cc1F. The van der Waals surface area contributed by atoms with Crippen LogP contribution in [0.1, 0.15) is 27.2 Å². The Morgan fingerprint density at radius 1 is 1.50 bits per heavy atom. The van der Waals surface area contributed by atoms with E-state index in [2.05, 4.69) is 5.32 Å². The average Bonchev–Trinajstić information content (AvgIpc) is 2.22. The Hall–Kier alpha value is -1.58. The number of carbonyl (C=O) groups is 1. The number of carbonyl (C=O) groups excluding carboxylic acids is 1. The van der Waals surface area contributed by atoms with Crippen molar-refractivity contribution in [2.24, 2.45) is 5.41 Å². The van der Waals surface area contributed by atoms with Crippen molar-refractivity contribution in [2.45, 2.75) is 27.2 Å². The van der Waals surface area contributed by atoms with E-state index in [1.54, 1.807) is 6.07 Å². The predicted octanol–water partition coefficient (Wildman–Crippen LogP) is 2.78. The zero-order valence-corrected chi connectivity index (χ0v) is 9.80. The first-order valence-corrected chi connectivity index (χ1v) is 5.23. The van der Waals surface area contributed by atoms with Crippen LogP contribution in [0.25, 0.3) is 0 Å². The number of nitrogens with one attached hydrogen (secondary N) is 1. The number of anilines is 2. The zero-order chi connectivity index (χ0) is 12.3. The smallest absolute Gasteiger partial charge is 0.230 e. The molecule has 0 aliphatic heterocycles. The highest BCUT2D eigenvalue weighted by Gasteiger charge is 2.25. The molecule has 0 aromatic heterocycles. The molecule has 0 saturated carbocycles. The van der Waals surface area contributed by atoms with Crippen LogP contribution in [-0.2, 0) is 4.79 Å². The van der Waals surface area contributed by atoms with Crippen molar-refractivity contribution in [1.82, 2.24) is 0 Å². The van der Waals surface area contributed by atoms with Crippen LogP contribution in [-0.4, -0.2) is 5.91 Å². The molecular formula is C12H17FN2O. The molecule has 1 rings (SSSR count). The summed E-state index contributed by atoms with van der Waals surface area (Å²) < 4.78 is 13.4. The van der Waals surface area contributed by atoms with E-state index in [9.17, 15) is 9.18 Å². The van der Waals surface area contributed by atoms with E-state index in [1.165, 1.54) is 12.1 Å². The van der Waals surface area contributed by atoms with Crippen molar-refractivity contribution in [3.05, 3.63) is 24.0 Å². The lowest BCUT2D eigenvalue weighted by atomic mass is 9.89. The second-order valence-corrected chi connectivity index (χ2v) is 4.43. The van der Waals surface area contributed by atoms with Gasteiger partial charge in [-0.05, 0) is 24.6 Å². The lowest BCUT2D eigenvalue weighted by Crippen LogP contribution is -2.30. The summed E-state index contributed by atoms with van der Waals surface area (Å²) in [6, 6.07) is 4.21. The fraction of sp³-hybridized carbons (Fsp3) is 0.417. The lowest BCUT2D eigenvalue weighted by Gasteiger charge is -2.21. The quantitative estimate of drug-likeness (QED) is 0.776. The second-order valence-electron chi connectivity index (χ2n) is 4.43. The summed E-state index contributed by atoms with van der Waals surface area (Å²) >= 11 is 0. The number of benzene rings is 1. The van der Waals surface area contributed by atoms with Gasteiger partial charge in [-0.25, -0.2) is 4.39 Å². The molecule has 4 heteroatoms. The summed E-state index contributed by atoms with van der Waals surface area (Å²) in [4.78, 5) is 11.8. The maximum atomic E-state index is 13.4. The third-order valence-electron chi connectivity index (χ3n) is 2.74. The highest BCUT2D eigenvalue weighted by atomic mass is 19.1. The van der Waals surface area contributed by atoms with Gasteiger partial charge in [0.1, 0.15) is 5.82 Å². The number of rotatable bonds is 3. The van der Waals surface area contributed by atoms with Crippen LogP contribution in [0.3, 0.4) is 0 Å². The Labute approximate surface area is 94.8 Å². The van der Waals surface area contributed by atoms with E-state index in [4.69, 9.17) is 5.73 Å². The minimum absolute atomic E-state index is 0.167. The Morgan fingerprint density at radius 3 is 2.62 bits per heavy atom. The monoisotopic (exact) mass is 224 g/mol. The molecule has 0 radical (unpaired) electrons. The van der Waals surface area contributed by atoms with E-state index < -0.39 is 11.2 Å². The van der Waals surface area contributed by atoms with Crippen LogP contribution in [0.2, 0.25) is 0 Å². The van der Waals surface area contributed by atoms with Crippen molar-refractivity contribution in [1.29, 1.82) is 0 Å². The molecule has 0 aliphatic carbocycles. The Kier molecular flexibility index (Phi) is 3.52. The van der Waals surface area contributed by atoms with Gasteiger partial charge in [0.25, 0.3) is 0 Å². The Balaban J connectivity index is 2.85. The van der Waals surface area contributed by atoms with E-state index in [-0.39, 0.29) is 11.6 Å². The number of amides is 1. The standard InChI is InChI=1S/C12H17FN2O/c1-4-12(2,3)11(16)15-10-6-5-8(14)7-9(10)13/h5-7H,4,14H2,1-3H3,(H,15,16). The number of hydrogen-bond acceptors (Lipinski definition) is 2. The van der Waals surface area contributed by atoms with Crippen LogP contribution < -0.4 is 11.1 Å². The van der Waals surface area contributed by atoms with Gasteiger partial charge in [0.15, 0.2) is 0 Å². The number of halogens is 1. The highest BCUT2D eigenvalue weighted by Crippen LogP contribution is 2.24. The highest BCUT2D eigenvalue weighted by molar-refractivity contribution is 5.94. The average molecular weight is 224 g/mol. The fourth-order valence-electron chi connectivity index (χ4n) is 1.08. The molecule has 1 amide bonds. The van der Waals surface area contributed by atoms with Crippen LogP contribution in [0.15, 0.2) is 18.2 Å². The summed E-state index contributed by atoms with van der Waals surface area (Å²) in [5.74, 6) is -0.709. The molecule has 0 atom stereocenters. The normalized spacial score (nSPS) is 11.2. The summed E-state index contributed by atoms with van der Waals surface area (Å²) in [6.45, 7) is 5.55. The maximum Gasteiger partial charge on any atom is 0.230 e. The number of nitrogens with two attached hydrogens (primary N) is 1. The third-order valence-corrected chi connectivity index (χ3v) is 2.74. The first-order chi connectivity index (χ1) is 7.36. The number of hydrogen-bond donors (Lipinski definition) is 2. The predicted molar refractivity (Wildman–Crippen MR) is 63.5 cm³/mol. The summed E-state index contributed by atoms with van der Waals surface area (Å²) in [5, 5.41) is 2.56. The van der Waals surface area contributed by atoms with Gasteiger partial charge in [0.2, 0.25) is 5.91 Å². The van der Waals surface area contributed by atoms with Crippen LogP contribution in [0.5, 0.6) is 0 Å². The molecular weight excluding hydrogens is 207 g/mol. The molecule has 0 fully saturated rings. The topological polar surface area (TPSA) is 55.1 Å². The molecule has 16 heavy (non-hydrogen) atoms. The van der Waals surface area contributed by atoms with Crippen molar-refractivity contribution in [3.63, 3.8) is 0 Å². The Morgan fingerprint density at radius 2 is 2.12 bits per heavy atom. The van der Waals surface area contributed by atoms with Crippen LogP contribution >= 0.6 is 0 Å². The van der Waals surface area contributed by atoms with Crippen LogP contribution in [0.4, 0.5) is 15.8 Å². The summed E-state index contributed by atoms with van der Waals surface area (Å²) in [5.41, 5.74) is 5.42. The van der Waals surface area contributed by atoms with E-state index >= 15 is 0 Å².